The van der Waals surface area contributed by atoms with E-state index in [9.17, 15) is 4.79 Å². The average molecular weight is 378 g/mol. The maximum Gasteiger partial charge on any atom is 0.274 e. The Balaban J connectivity index is 1.47. The number of aryl methyl sites for hydroxylation is 1. The minimum Gasteiger partial charge on any atom is -0.467 e. The van der Waals surface area contributed by atoms with Crippen LogP contribution in [0.1, 0.15) is 39.5 Å². The van der Waals surface area contributed by atoms with Crippen molar-refractivity contribution in [1.29, 1.82) is 0 Å². The molecule has 6 nitrogen and oxygen atoms in total. The number of carbonyl (C=O) groups is 1. The lowest BCUT2D eigenvalue weighted by Crippen LogP contribution is -2.35. The molecule has 1 atom stereocenters. The van der Waals surface area contributed by atoms with Crippen molar-refractivity contribution < 1.29 is 9.21 Å². The topological polar surface area (TPSA) is 63.3 Å². The second-order valence-corrected chi connectivity index (χ2v) is 7.44. The van der Waals surface area contributed by atoms with Gasteiger partial charge in [-0.05, 0) is 37.0 Å². The number of nitrogens with zero attached hydrogens (tertiary/aromatic N) is 3. The van der Waals surface area contributed by atoms with Crippen LogP contribution in [0.2, 0.25) is 0 Å². The summed E-state index contributed by atoms with van der Waals surface area (Å²) in [5.41, 5.74) is 4.09. The molecule has 1 amide bonds. The largest absolute Gasteiger partial charge is 0.467 e. The molecule has 0 saturated carbocycles. The normalized spacial score (nSPS) is 16.0. The molecule has 2 aromatic heterocycles. The van der Waals surface area contributed by atoms with Gasteiger partial charge in [0.2, 0.25) is 0 Å². The van der Waals surface area contributed by atoms with E-state index in [1.807, 2.05) is 29.9 Å². The maximum absolute atomic E-state index is 13.0. The summed E-state index contributed by atoms with van der Waals surface area (Å²) in [6.45, 7) is 1.27. The quantitative estimate of drug-likeness (QED) is 0.716. The Morgan fingerprint density at radius 1 is 1.29 bits per heavy atom. The highest BCUT2D eigenvalue weighted by atomic mass is 16.3. The smallest absolute Gasteiger partial charge is 0.274 e. The molecule has 0 unspecified atom stereocenters. The second-order valence-electron chi connectivity index (χ2n) is 7.44. The number of carbonyl (C=O) groups excluding carboxylic acids is 1. The van der Waals surface area contributed by atoms with Gasteiger partial charge >= 0.3 is 0 Å². The van der Waals surface area contributed by atoms with Gasteiger partial charge < -0.3 is 14.6 Å². The lowest BCUT2D eigenvalue weighted by molar-refractivity contribution is 0.0767. The first-order valence-corrected chi connectivity index (χ1v) is 9.71. The van der Waals surface area contributed by atoms with Crippen LogP contribution in [0.5, 0.6) is 0 Å². The van der Waals surface area contributed by atoms with Crippen molar-refractivity contribution in [3.8, 4) is 0 Å². The van der Waals surface area contributed by atoms with Crippen LogP contribution in [0.15, 0.2) is 53.1 Å². The van der Waals surface area contributed by atoms with Gasteiger partial charge in [0.25, 0.3) is 5.91 Å². The van der Waals surface area contributed by atoms with Crippen molar-refractivity contribution in [3.05, 3.63) is 77.0 Å². The van der Waals surface area contributed by atoms with Crippen molar-refractivity contribution in [2.75, 3.05) is 7.05 Å². The summed E-state index contributed by atoms with van der Waals surface area (Å²) in [4.78, 5) is 14.7. The first-order valence-electron chi connectivity index (χ1n) is 9.71. The number of benzene rings is 1. The molecule has 146 valence electrons. The Kier molecular flexibility index (Phi) is 5.30. The fourth-order valence-electron chi connectivity index (χ4n) is 3.88. The molecule has 0 fully saturated rings. The van der Waals surface area contributed by atoms with Gasteiger partial charge in [-0.2, -0.15) is 5.10 Å². The van der Waals surface area contributed by atoms with Crippen LogP contribution in [0, 0.1) is 0 Å². The molecule has 1 aliphatic rings. The average Bonchev–Trinajstić information content (AvgIpc) is 3.34. The Bertz CT molecular complexity index is 931. The van der Waals surface area contributed by atoms with E-state index in [1.54, 1.807) is 18.2 Å². The summed E-state index contributed by atoms with van der Waals surface area (Å²) in [7, 11) is 3.72. The third-order valence-corrected chi connectivity index (χ3v) is 5.42. The molecule has 3 aromatic rings. The number of furan rings is 1. The molecule has 2 heterocycles. The highest BCUT2D eigenvalue weighted by Gasteiger charge is 2.29. The van der Waals surface area contributed by atoms with Crippen LogP contribution in [-0.4, -0.2) is 33.7 Å². The summed E-state index contributed by atoms with van der Waals surface area (Å²) >= 11 is 0. The summed E-state index contributed by atoms with van der Waals surface area (Å²) in [6, 6.07) is 14.5. The Labute approximate surface area is 165 Å². The zero-order chi connectivity index (χ0) is 19.5. The van der Waals surface area contributed by atoms with Gasteiger partial charge in [-0.25, -0.2) is 0 Å². The minimum atomic E-state index is -0.0584. The minimum absolute atomic E-state index is 0.0584. The number of nitrogens with one attached hydrogen (secondary N) is 1. The van der Waals surface area contributed by atoms with Gasteiger partial charge in [-0.1, -0.05) is 30.3 Å². The van der Waals surface area contributed by atoms with Gasteiger partial charge in [-0.15, -0.1) is 0 Å². The molecule has 6 heteroatoms. The summed E-state index contributed by atoms with van der Waals surface area (Å²) in [5, 5.41) is 8.21. The predicted molar refractivity (Wildman–Crippen MR) is 107 cm³/mol. The third-order valence-electron chi connectivity index (χ3n) is 5.42. The van der Waals surface area contributed by atoms with E-state index in [2.05, 4.69) is 34.7 Å². The monoisotopic (exact) mass is 378 g/mol. The zero-order valence-corrected chi connectivity index (χ0v) is 16.4. The molecule has 1 N–H and O–H groups in total. The summed E-state index contributed by atoms with van der Waals surface area (Å²) in [6.07, 6.45) is 4.43. The van der Waals surface area contributed by atoms with Crippen molar-refractivity contribution >= 4 is 5.91 Å². The molecule has 28 heavy (non-hydrogen) atoms. The number of hydrogen-bond acceptors (Lipinski definition) is 4. The first kappa shape index (κ1) is 18.5. The summed E-state index contributed by atoms with van der Waals surface area (Å²) < 4.78 is 7.24. The Morgan fingerprint density at radius 2 is 2.11 bits per heavy atom. The van der Waals surface area contributed by atoms with Crippen LogP contribution in [0.4, 0.5) is 0 Å². The van der Waals surface area contributed by atoms with E-state index in [4.69, 9.17) is 4.42 Å². The van der Waals surface area contributed by atoms with E-state index in [1.165, 1.54) is 11.3 Å². The van der Waals surface area contributed by atoms with Gasteiger partial charge in [-0.3, -0.25) is 9.48 Å². The van der Waals surface area contributed by atoms with E-state index in [0.717, 1.165) is 37.1 Å². The third kappa shape index (κ3) is 3.87. The summed E-state index contributed by atoms with van der Waals surface area (Å²) in [5.74, 6) is 0.708. The molecule has 0 aliphatic heterocycles. The van der Waals surface area contributed by atoms with Crippen LogP contribution in [-0.2, 0) is 33.0 Å². The molecule has 4 rings (SSSR count). The molecule has 1 aliphatic carbocycles. The van der Waals surface area contributed by atoms with Crippen molar-refractivity contribution in [1.82, 2.24) is 20.0 Å². The van der Waals surface area contributed by atoms with Crippen molar-refractivity contribution in [3.63, 3.8) is 0 Å². The lowest BCUT2D eigenvalue weighted by Gasteiger charge is -2.25. The molecule has 0 bridgehead atoms. The standard InChI is InChI=1S/C22H26N4O2/c1-25(15-18-9-6-12-28-18)22(27)21-19-13-17(10-11-20(19)26(2)24-21)23-14-16-7-4-3-5-8-16/h3-9,12,17,23H,10-11,13-15H2,1-2H3/t17-/m1/s1. The number of hydrogen-bond donors (Lipinski definition) is 1. The van der Waals surface area contributed by atoms with E-state index in [-0.39, 0.29) is 5.91 Å². The van der Waals surface area contributed by atoms with Crippen molar-refractivity contribution in [2.24, 2.45) is 7.05 Å². The Hall–Kier alpha value is -2.86. The number of amides is 1. The first-order chi connectivity index (χ1) is 13.6. The number of fused-ring (bicyclic) bond motifs is 1. The van der Waals surface area contributed by atoms with E-state index >= 15 is 0 Å². The van der Waals surface area contributed by atoms with Crippen LogP contribution >= 0.6 is 0 Å². The molecule has 0 saturated heterocycles. The van der Waals surface area contributed by atoms with Crippen LogP contribution in [0.25, 0.3) is 0 Å². The molecular formula is C22H26N4O2. The number of aromatic nitrogens is 2. The Morgan fingerprint density at radius 3 is 2.86 bits per heavy atom. The van der Waals surface area contributed by atoms with Gasteiger partial charge in [0.05, 0.1) is 12.8 Å². The predicted octanol–water partition coefficient (Wildman–Crippen LogP) is 2.93. The van der Waals surface area contributed by atoms with E-state index in [0.29, 0.717) is 18.3 Å². The van der Waals surface area contributed by atoms with Crippen molar-refractivity contribution in [2.45, 2.75) is 38.4 Å². The molecule has 0 radical (unpaired) electrons. The molecular weight excluding hydrogens is 352 g/mol. The second kappa shape index (κ2) is 8.02. The fraction of sp³-hybridized carbons (Fsp3) is 0.364. The van der Waals surface area contributed by atoms with Crippen LogP contribution < -0.4 is 5.32 Å². The number of rotatable bonds is 6. The zero-order valence-electron chi connectivity index (χ0n) is 16.4. The maximum atomic E-state index is 13.0. The van der Waals surface area contributed by atoms with Gasteiger partial charge in [0.1, 0.15) is 5.76 Å². The molecule has 1 aromatic carbocycles. The molecule has 0 spiro atoms. The van der Waals surface area contributed by atoms with Gasteiger partial charge in [0.15, 0.2) is 5.69 Å². The van der Waals surface area contributed by atoms with Gasteiger partial charge in [0, 0.05) is 37.9 Å². The SMILES string of the molecule is CN(Cc1ccco1)C(=O)c1nn(C)c2c1C[C@H](NCc1ccccc1)CC2. The lowest BCUT2D eigenvalue weighted by atomic mass is 9.91. The van der Waals surface area contributed by atoms with E-state index < -0.39 is 0 Å². The highest BCUT2D eigenvalue weighted by Crippen LogP contribution is 2.25. The fourth-order valence-corrected chi connectivity index (χ4v) is 3.88. The van der Waals surface area contributed by atoms with Crippen LogP contribution in [0.3, 0.4) is 0 Å². The highest BCUT2D eigenvalue weighted by molar-refractivity contribution is 5.94.